The second-order valence-electron chi connectivity index (χ2n) is 7.08. The van der Waals surface area contributed by atoms with Crippen LogP contribution in [0, 0.1) is 0 Å². The number of hydrogen-bond acceptors (Lipinski definition) is 3. The fraction of sp³-hybridized carbons (Fsp3) is 1.00. The Balaban J connectivity index is 5.77. The minimum atomic E-state index is -7.41. The summed E-state index contributed by atoms with van der Waals surface area (Å²) < 4.78 is 190. The van der Waals surface area contributed by atoms with Gasteiger partial charge in [-0.2, -0.15) is 57.1 Å². The van der Waals surface area contributed by atoms with E-state index in [0.717, 1.165) is 0 Å². The van der Waals surface area contributed by atoms with E-state index >= 15 is 0 Å². The lowest BCUT2D eigenvalue weighted by Crippen LogP contribution is -2.67. The topological polar surface area (TPSA) is 27.7 Å². The van der Waals surface area contributed by atoms with Crippen molar-refractivity contribution in [3.8, 4) is 0 Å². The molecule has 0 aromatic rings. The smallest absolute Gasteiger partial charge is 0.374 e. The van der Waals surface area contributed by atoms with Crippen molar-refractivity contribution in [2.45, 2.75) is 88.3 Å². The molecule has 34 heavy (non-hydrogen) atoms. The molecule has 0 aliphatic heterocycles. The Morgan fingerprint density at radius 2 is 0.853 bits per heavy atom. The van der Waals surface area contributed by atoms with E-state index in [0.29, 0.717) is 0 Å². The normalized spacial score (nSPS) is 15.2. The summed E-state index contributed by atoms with van der Waals surface area (Å²) in [5.41, 5.74) is 0. The van der Waals surface area contributed by atoms with Gasteiger partial charge in [0.15, 0.2) is 0 Å². The van der Waals surface area contributed by atoms with Crippen LogP contribution in [-0.2, 0) is 13.3 Å². The molecule has 0 spiro atoms. The van der Waals surface area contributed by atoms with E-state index in [2.05, 4.69) is 0 Å². The third-order valence-corrected chi connectivity index (χ3v) is 7.65. The quantitative estimate of drug-likeness (QED) is 0.148. The zero-order valence-corrected chi connectivity index (χ0v) is 19.3. The van der Waals surface area contributed by atoms with Crippen molar-refractivity contribution in [2.75, 3.05) is 19.8 Å². The van der Waals surface area contributed by atoms with Gasteiger partial charge in [0, 0.05) is 45.1 Å². The van der Waals surface area contributed by atoms with Gasteiger partial charge in [0.2, 0.25) is 0 Å². The Labute approximate surface area is 188 Å². The molecule has 0 aliphatic rings. The van der Waals surface area contributed by atoms with Gasteiger partial charge < -0.3 is 13.3 Å². The zero-order valence-electron chi connectivity index (χ0n) is 18.3. The summed E-state index contributed by atoms with van der Waals surface area (Å²) in [6, 6.07) is -0.627. The van der Waals surface area contributed by atoms with Gasteiger partial charge in [-0.1, -0.05) is 0 Å². The second kappa shape index (κ2) is 11.5. The molecule has 0 atom stereocenters. The molecule has 0 unspecified atom stereocenters. The van der Waals surface area contributed by atoms with Gasteiger partial charge in [-0.3, -0.25) is 0 Å². The molecule has 0 rings (SSSR count). The Morgan fingerprint density at radius 3 is 1.18 bits per heavy atom. The molecule has 0 heterocycles. The highest BCUT2D eigenvalue weighted by Crippen LogP contribution is 2.59. The van der Waals surface area contributed by atoms with Crippen molar-refractivity contribution in [3.63, 3.8) is 0 Å². The van der Waals surface area contributed by atoms with Crippen LogP contribution in [0.25, 0.3) is 0 Å². The molecule has 0 aliphatic carbocycles. The van der Waals surface area contributed by atoms with Crippen LogP contribution < -0.4 is 0 Å². The van der Waals surface area contributed by atoms with Crippen LogP contribution >= 0.6 is 0 Å². The first-order valence-electron chi connectivity index (χ1n) is 9.97. The molecule has 0 amide bonds. The highest BCUT2D eigenvalue weighted by atomic mass is 28.4. The molecule has 0 bridgehead atoms. The minimum Gasteiger partial charge on any atom is -0.374 e. The third kappa shape index (κ3) is 7.35. The first-order valence-corrected chi connectivity index (χ1v) is 11.9. The van der Waals surface area contributed by atoms with Crippen molar-refractivity contribution in [1.29, 1.82) is 0 Å². The van der Waals surface area contributed by atoms with Crippen LogP contribution in [0.3, 0.4) is 0 Å². The van der Waals surface area contributed by atoms with E-state index in [1.807, 2.05) is 0 Å². The molecule has 0 fully saturated rings. The molecular weight excluding hydrogens is 527 g/mol. The molecule has 0 N–H and O–H groups in total. The third-order valence-electron chi connectivity index (χ3n) is 4.50. The fourth-order valence-electron chi connectivity index (χ4n) is 2.80. The largest absolute Gasteiger partial charge is 0.500 e. The van der Waals surface area contributed by atoms with Crippen LogP contribution in [0.2, 0.25) is 6.04 Å². The van der Waals surface area contributed by atoms with Crippen molar-refractivity contribution in [3.05, 3.63) is 0 Å². The average molecular weight is 552 g/mol. The average Bonchev–Trinajstić information content (AvgIpc) is 2.66. The number of rotatable bonds is 16. The number of alkyl halides is 13. The van der Waals surface area contributed by atoms with E-state index in [4.69, 9.17) is 13.3 Å². The van der Waals surface area contributed by atoms with Crippen LogP contribution in [0.15, 0.2) is 0 Å². The molecule has 206 valence electrons. The Morgan fingerprint density at radius 1 is 0.500 bits per heavy atom. The number of hydrogen-bond donors (Lipinski definition) is 0. The summed E-state index contributed by atoms with van der Waals surface area (Å²) >= 11 is 0. The lowest BCUT2D eigenvalue weighted by molar-refractivity contribution is -0.403. The van der Waals surface area contributed by atoms with Gasteiger partial charge in [-0.05, 0) is 27.2 Å². The van der Waals surface area contributed by atoms with Gasteiger partial charge in [0.25, 0.3) is 0 Å². The Bertz CT molecular complexity index is 609. The SMILES string of the molecule is CCO[Si](CCCC(F)(F)C(F)(F)C(F)(F)C(F)(F)C(F)(F)CCC(F)(F)F)(OCC)OCC. The predicted molar refractivity (Wildman–Crippen MR) is 94.7 cm³/mol. The maximum atomic E-state index is 14.0. The van der Waals surface area contributed by atoms with Gasteiger partial charge in [0.1, 0.15) is 0 Å². The minimum absolute atomic E-state index is 0.0733. The first kappa shape index (κ1) is 33.2. The van der Waals surface area contributed by atoms with Crippen LogP contribution in [0.5, 0.6) is 0 Å². The van der Waals surface area contributed by atoms with Crippen molar-refractivity contribution in [2.24, 2.45) is 0 Å². The monoisotopic (exact) mass is 552 g/mol. The van der Waals surface area contributed by atoms with Crippen molar-refractivity contribution >= 4 is 8.80 Å². The summed E-state index contributed by atoms with van der Waals surface area (Å²) in [5, 5.41) is 0. The van der Waals surface area contributed by atoms with Crippen LogP contribution in [0.4, 0.5) is 57.1 Å². The van der Waals surface area contributed by atoms with E-state index in [1.54, 1.807) is 0 Å². The molecule has 0 saturated carbocycles. The molecule has 0 aromatic carbocycles. The van der Waals surface area contributed by atoms with Gasteiger partial charge in [-0.25, -0.2) is 0 Å². The summed E-state index contributed by atoms with van der Waals surface area (Å²) in [5.74, 6) is -34.1. The Kier molecular flexibility index (Phi) is 11.2. The van der Waals surface area contributed by atoms with E-state index < -0.39 is 76.3 Å². The first-order chi connectivity index (χ1) is 15.1. The van der Waals surface area contributed by atoms with Gasteiger partial charge in [-0.15, -0.1) is 0 Å². The summed E-state index contributed by atoms with van der Waals surface area (Å²) in [6.07, 6.45) is -14.6. The molecule has 0 radical (unpaired) electrons. The van der Waals surface area contributed by atoms with Crippen molar-refractivity contribution in [1.82, 2.24) is 0 Å². The van der Waals surface area contributed by atoms with Crippen LogP contribution in [-0.4, -0.2) is 64.4 Å². The maximum absolute atomic E-state index is 14.0. The Hall–Kier alpha value is -0.813. The van der Waals surface area contributed by atoms with Gasteiger partial charge in [0.05, 0.1) is 0 Å². The lowest BCUT2D eigenvalue weighted by Gasteiger charge is -2.39. The molecular formula is C17H25F13O3Si. The summed E-state index contributed by atoms with van der Waals surface area (Å²) in [4.78, 5) is 0. The van der Waals surface area contributed by atoms with E-state index in [1.165, 1.54) is 20.8 Å². The molecule has 3 nitrogen and oxygen atoms in total. The highest BCUT2D eigenvalue weighted by Gasteiger charge is 2.85. The predicted octanol–water partition coefficient (Wildman–Crippen LogP) is 7.33. The lowest BCUT2D eigenvalue weighted by atomic mass is 9.91. The maximum Gasteiger partial charge on any atom is 0.500 e. The van der Waals surface area contributed by atoms with E-state index in [9.17, 15) is 57.1 Å². The highest BCUT2D eigenvalue weighted by molar-refractivity contribution is 6.60. The fourth-order valence-corrected chi connectivity index (χ4v) is 5.41. The van der Waals surface area contributed by atoms with E-state index in [-0.39, 0.29) is 19.8 Å². The summed E-state index contributed by atoms with van der Waals surface area (Å²) in [6.45, 7) is 4.13. The zero-order chi connectivity index (χ0) is 27.3. The second-order valence-corrected chi connectivity index (χ2v) is 9.81. The standard InChI is InChI=1S/C17H25F13O3Si/c1-4-31-34(32-5-2,33-6-3)11-7-8-12(18,19)15(25,26)17(29,30)16(27,28)13(20,21)9-10-14(22,23)24/h4-11H2,1-3H3. The van der Waals surface area contributed by atoms with Crippen LogP contribution in [0.1, 0.15) is 46.5 Å². The molecule has 0 aromatic heterocycles. The molecule has 0 saturated heterocycles. The van der Waals surface area contributed by atoms with Crippen molar-refractivity contribution < 1.29 is 70.4 Å². The molecule has 17 heteroatoms. The summed E-state index contributed by atoms with van der Waals surface area (Å²) in [7, 11) is -3.74. The number of halogens is 13. The van der Waals surface area contributed by atoms with Gasteiger partial charge >= 0.3 is 44.6 Å².